The number of hydrogen-bond acceptors (Lipinski definition) is 3. The number of nitrogens with one attached hydrogen (secondary N) is 1. The number of primary amides is 1. The Morgan fingerprint density at radius 2 is 2.40 bits per heavy atom. The molecule has 5 nitrogen and oxygen atoms in total. The Balaban J connectivity index is 3.17. The number of aromatic amines is 1. The van der Waals surface area contributed by atoms with Gasteiger partial charge in [-0.2, -0.15) is 5.10 Å². The van der Waals surface area contributed by atoms with E-state index in [0.717, 1.165) is 0 Å². The predicted molar refractivity (Wildman–Crippen MR) is 33.5 cm³/mol. The van der Waals surface area contributed by atoms with Gasteiger partial charge >= 0.3 is 0 Å². The first-order valence-corrected chi connectivity index (χ1v) is 2.66. The van der Waals surface area contributed by atoms with Crippen LogP contribution in [0.5, 0.6) is 5.75 Å². The average molecular weight is 141 g/mol. The number of rotatable bonds is 1. The fourth-order valence-corrected chi connectivity index (χ4v) is 0.598. The predicted octanol–water partition coefficient (Wildman–Crippen LogP) is -0.477. The summed E-state index contributed by atoms with van der Waals surface area (Å²) in [6, 6.07) is 0. The summed E-state index contributed by atoms with van der Waals surface area (Å²) >= 11 is 0. The van der Waals surface area contributed by atoms with E-state index in [4.69, 9.17) is 10.8 Å². The fourth-order valence-electron chi connectivity index (χ4n) is 0.598. The van der Waals surface area contributed by atoms with Crippen molar-refractivity contribution in [2.24, 2.45) is 5.73 Å². The van der Waals surface area contributed by atoms with Crippen molar-refractivity contribution in [2.75, 3.05) is 0 Å². The van der Waals surface area contributed by atoms with Gasteiger partial charge in [0.05, 0.1) is 0 Å². The van der Waals surface area contributed by atoms with Gasteiger partial charge in [0, 0.05) is 0 Å². The molecule has 1 aromatic rings. The smallest absolute Gasteiger partial charge is 0.270 e. The van der Waals surface area contributed by atoms with E-state index in [0.29, 0.717) is 5.69 Å². The summed E-state index contributed by atoms with van der Waals surface area (Å²) in [6.07, 6.45) is 0. The molecule has 0 radical (unpaired) electrons. The first-order valence-electron chi connectivity index (χ1n) is 2.66. The molecule has 0 aliphatic heterocycles. The quantitative estimate of drug-likeness (QED) is 0.493. The van der Waals surface area contributed by atoms with Crippen LogP contribution in [0.4, 0.5) is 0 Å². The molecule has 1 amide bonds. The number of carbonyl (C=O) groups excluding carboxylic acids is 1. The first-order chi connectivity index (χ1) is 4.63. The van der Waals surface area contributed by atoms with Crippen molar-refractivity contribution >= 4 is 5.91 Å². The maximum absolute atomic E-state index is 10.4. The number of nitrogens with two attached hydrogens (primary N) is 1. The molecule has 1 aromatic heterocycles. The van der Waals surface area contributed by atoms with E-state index in [2.05, 4.69) is 10.2 Å². The number of aromatic hydroxyl groups is 1. The van der Waals surface area contributed by atoms with E-state index in [1.165, 1.54) is 0 Å². The molecule has 0 aliphatic carbocycles. The van der Waals surface area contributed by atoms with Gasteiger partial charge < -0.3 is 10.8 Å². The molecule has 0 fully saturated rings. The van der Waals surface area contributed by atoms with Crippen LogP contribution in [0, 0.1) is 6.92 Å². The van der Waals surface area contributed by atoms with Crippen LogP contribution >= 0.6 is 0 Å². The third-order valence-corrected chi connectivity index (χ3v) is 1.16. The van der Waals surface area contributed by atoms with Crippen molar-refractivity contribution in [2.45, 2.75) is 6.92 Å². The molecule has 10 heavy (non-hydrogen) atoms. The van der Waals surface area contributed by atoms with Crippen molar-refractivity contribution < 1.29 is 9.90 Å². The topological polar surface area (TPSA) is 92.0 Å². The van der Waals surface area contributed by atoms with Crippen LogP contribution in [0.1, 0.15) is 16.2 Å². The summed E-state index contributed by atoms with van der Waals surface area (Å²) in [5.74, 6) is -0.884. The third-order valence-electron chi connectivity index (χ3n) is 1.16. The number of aryl methyl sites for hydroxylation is 1. The number of H-pyrrole nitrogens is 1. The van der Waals surface area contributed by atoms with Crippen molar-refractivity contribution in [1.29, 1.82) is 0 Å². The molecule has 1 heterocycles. The fraction of sp³-hybridized carbons (Fsp3) is 0.200. The van der Waals surface area contributed by atoms with Gasteiger partial charge in [0.2, 0.25) is 0 Å². The lowest BCUT2D eigenvalue weighted by Crippen LogP contribution is -2.11. The van der Waals surface area contributed by atoms with E-state index in [9.17, 15) is 4.79 Å². The summed E-state index contributed by atoms with van der Waals surface area (Å²) in [4.78, 5) is 10.4. The van der Waals surface area contributed by atoms with E-state index >= 15 is 0 Å². The molecule has 0 unspecified atom stereocenters. The summed E-state index contributed by atoms with van der Waals surface area (Å²) < 4.78 is 0. The molecular weight excluding hydrogens is 134 g/mol. The van der Waals surface area contributed by atoms with Crippen LogP contribution in [0.15, 0.2) is 0 Å². The maximum Gasteiger partial charge on any atom is 0.270 e. The van der Waals surface area contributed by atoms with Gasteiger partial charge in [-0.05, 0) is 6.92 Å². The second-order valence-electron chi connectivity index (χ2n) is 1.90. The number of hydrogen-bond donors (Lipinski definition) is 3. The van der Waals surface area contributed by atoms with Gasteiger partial charge in [-0.1, -0.05) is 0 Å². The molecular formula is C5H7N3O2. The molecule has 0 atom stereocenters. The van der Waals surface area contributed by atoms with E-state index < -0.39 is 5.91 Å². The standard InChI is InChI=1S/C5H7N3O2/c1-2-4(9)3(5(6)10)8-7-2/h9H,1H3,(H2,6,10)(H,7,8). The van der Waals surface area contributed by atoms with Crippen LogP contribution in [-0.4, -0.2) is 21.2 Å². The van der Waals surface area contributed by atoms with Crippen molar-refractivity contribution in [3.8, 4) is 5.75 Å². The summed E-state index contributed by atoms with van der Waals surface area (Å²) in [7, 11) is 0. The molecule has 0 saturated carbocycles. The highest BCUT2D eigenvalue weighted by Gasteiger charge is 2.11. The van der Waals surface area contributed by atoms with Crippen molar-refractivity contribution in [3.05, 3.63) is 11.4 Å². The van der Waals surface area contributed by atoms with E-state index in [-0.39, 0.29) is 11.4 Å². The highest BCUT2D eigenvalue weighted by molar-refractivity contribution is 5.93. The average Bonchev–Trinajstić information content (AvgIpc) is 2.14. The molecule has 0 aliphatic rings. The molecule has 5 heteroatoms. The van der Waals surface area contributed by atoms with Gasteiger partial charge in [0.25, 0.3) is 5.91 Å². The Hall–Kier alpha value is -1.52. The second-order valence-corrected chi connectivity index (χ2v) is 1.90. The number of amides is 1. The lowest BCUT2D eigenvalue weighted by molar-refractivity contribution is 0.0993. The second kappa shape index (κ2) is 2.02. The van der Waals surface area contributed by atoms with Crippen molar-refractivity contribution in [3.63, 3.8) is 0 Å². The van der Waals surface area contributed by atoms with Crippen LogP contribution in [0.3, 0.4) is 0 Å². The minimum atomic E-state index is -0.710. The Labute approximate surface area is 56.9 Å². The zero-order valence-electron chi connectivity index (χ0n) is 5.38. The molecule has 0 spiro atoms. The SMILES string of the molecule is Cc1n[nH]c(C(N)=O)c1O. The Kier molecular flexibility index (Phi) is 1.33. The monoisotopic (exact) mass is 141 g/mol. The molecule has 0 saturated heterocycles. The van der Waals surface area contributed by atoms with E-state index in [1.807, 2.05) is 0 Å². The largest absolute Gasteiger partial charge is 0.504 e. The minimum absolute atomic E-state index is 0.0440. The zero-order valence-corrected chi connectivity index (χ0v) is 5.38. The van der Waals surface area contributed by atoms with Gasteiger partial charge in [0.15, 0.2) is 11.4 Å². The first kappa shape index (κ1) is 6.60. The maximum atomic E-state index is 10.4. The summed E-state index contributed by atoms with van der Waals surface area (Å²) in [6.45, 7) is 1.57. The lowest BCUT2D eigenvalue weighted by atomic mass is 10.3. The number of aromatic nitrogens is 2. The number of carbonyl (C=O) groups is 1. The van der Waals surface area contributed by atoms with Crippen LogP contribution in [0.2, 0.25) is 0 Å². The molecule has 54 valence electrons. The van der Waals surface area contributed by atoms with Crippen LogP contribution < -0.4 is 5.73 Å². The highest BCUT2D eigenvalue weighted by atomic mass is 16.3. The molecule has 4 N–H and O–H groups in total. The highest BCUT2D eigenvalue weighted by Crippen LogP contribution is 2.16. The van der Waals surface area contributed by atoms with E-state index in [1.54, 1.807) is 6.92 Å². The van der Waals surface area contributed by atoms with Crippen LogP contribution in [-0.2, 0) is 0 Å². The summed E-state index contributed by atoms with van der Waals surface area (Å²) in [5, 5.41) is 14.9. The molecule has 0 aromatic carbocycles. The summed E-state index contributed by atoms with van der Waals surface area (Å²) in [5.41, 5.74) is 5.18. The molecule has 0 bridgehead atoms. The van der Waals surface area contributed by atoms with Gasteiger partial charge in [-0.15, -0.1) is 0 Å². The Bertz CT molecular complexity index is 266. The Morgan fingerprint density at radius 3 is 2.60 bits per heavy atom. The zero-order chi connectivity index (χ0) is 7.72. The van der Waals surface area contributed by atoms with Crippen LogP contribution in [0.25, 0.3) is 0 Å². The normalized spacial score (nSPS) is 9.70. The van der Waals surface area contributed by atoms with Gasteiger partial charge in [0.1, 0.15) is 5.69 Å². The molecule has 1 rings (SSSR count). The van der Waals surface area contributed by atoms with Gasteiger partial charge in [-0.25, -0.2) is 0 Å². The Morgan fingerprint density at radius 1 is 1.80 bits per heavy atom. The third kappa shape index (κ3) is 0.812. The van der Waals surface area contributed by atoms with Crippen molar-refractivity contribution in [1.82, 2.24) is 10.2 Å². The van der Waals surface area contributed by atoms with Gasteiger partial charge in [-0.3, -0.25) is 9.89 Å². The number of nitrogens with zero attached hydrogens (tertiary/aromatic N) is 1. The lowest BCUT2D eigenvalue weighted by Gasteiger charge is -1.88. The minimum Gasteiger partial charge on any atom is -0.504 e.